The van der Waals surface area contributed by atoms with E-state index in [-0.39, 0.29) is 24.6 Å². The second-order valence-corrected chi connectivity index (χ2v) is 7.22. The molecule has 2 aromatic rings. The number of amides is 1. The van der Waals surface area contributed by atoms with Gasteiger partial charge in [0, 0.05) is 17.5 Å². The number of benzene rings is 1. The molecule has 138 valence electrons. The number of likely N-dealkylation sites (tertiary alicyclic amines) is 1. The average Bonchev–Trinajstić information content (AvgIpc) is 2.60. The minimum Gasteiger partial charge on any atom is -0.452 e. The molecule has 0 spiro atoms. The van der Waals surface area contributed by atoms with Crippen molar-refractivity contribution in [3.05, 3.63) is 41.1 Å². The number of para-hydroxylation sites is 1. The van der Waals surface area contributed by atoms with E-state index in [1.807, 2.05) is 36.1 Å². The van der Waals surface area contributed by atoms with Crippen molar-refractivity contribution in [1.29, 1.82) is 0 Å². The highest BCUT2D eigenvalue weighted by Gasteiger charge is 2.29. The zero-order chi connectivity index (χ0) is 18.8. The first-order valence-electron chi connectivity index (χ1n) is 9.24. The van der Waals surface area contributed by atoms with Crippen LogP contribution in [0.15, 0.2) is 24.3 Å². The van der Waals surface area contributed by atoms with E-state index in [4.69, 9.17) is 4.74 Å². The van der Waals surface area contributed by atoms with Crippen LogP contribution in [-0.2, 0) is 9.53 Å². The lowest BCUT2D eigenvalue weighted by molar-refractivity contribution is -0.140. The van der Waals surface area contributed by atoms with Crippen molar-refractivity contribution in [3.8, 4) is 0 Å². The summed E-state index contributed by atoms with van der Waals surface area (Å²) in [5.41, 5.74) is 2.77. The van der Waals surface area contributed by atoms with Crippen LogP contribution in [0, 0.1) is 13.8 Å². The monoisotopic (exact) mass is 354 g/mol. The molecular formula is C21H26N2O3. The van der Waals surface area contributed by atoms with Crippen molar-refractivity contribution in [2.45, 2.75) is 59.0 Å². The number of ether oxygens (including phenoxy) is 1. The highest BCUT2D eigenvalue weighted by molar-refractivity contribution is 5.99. The molecule has 2 atom stereocenters. The maximum atomic E-state index is 12.6. The van der Waals surface area contributed by atoms with Crippen molar-refractivity contribution in [2.24, 2.45) is 0 Å². The number of carbonyl (C=O) groups excluding carboxylic acids is 2. The van der Waals surface area contributed by atoms with E-state index in [9.17, 15) is 9.59 Å². The smallest absolute Gasteiger partial charge is 0.340 e. The van der Waals surface area contributed by atoms with Crippen molar-refractivity contribution in [2.75, 3.05) is 6.61 Å². The molecule has 1 aromatic heterocycles. The molecule has 5 heteroatoms. The first-order valence-corrected chi connectivity index (χ1v) is 9.24. The van der Waals surface area contributed by atoms with E-state index in [2.05, 4.69) is 18.8 Å². The summed E-state index contributed by atoms with van der Waals surface area (Å²) in [5, 5.41) is 0.926. The van der Waals surface area contributed by atoms with Gasteiger partial charge in [0.05, 0.1) is 16.8 Å². The number of hydrogen-bond donors (Lipinski definition) is 0. The van der Waals surface area contributed by atoms with Crippen LogP contribution in [-0.4, -0.2) is 40.5 Å². The largest absolute Gasteiger partial charge is 0.452 e. The first-order chi connectivity index (χ1) is 12.4. The lowest BCUT2D eigenvalue weighted by atomic mass is 9.97. The normalized spacial score (nSPS) is 20.2. The molecule has 1 fully saturated rings. The predicted molar refractivity (Wildman–Crippen MR) is 101 cm³/mol. The minimum atomic E-state index is -0.482. The number of carbonyl (C=O) groups is 2. The SMILES string of the molecule is Cc1nc2ccccc2c(C)c1C(=O)OCC(=O)N1[C@H](C)CCC[C@@H]1C. The Morgan fingerprint density at radius 2 is 1.81 bits per heavy atom. The van der Waals surface area contributed by atoms with E-state index in [1.165, 1.54) is 0 Å². The summed E-state index contributed by atoms with van der Waals surface area (Å²) in [6.07, 6.45) is 3.13. The van der Waals surface area contributed by atoms with Gasteiger partial charge in [-0.05, 0) is 58.6 Å². The number of hydrogen-bond acceptors (Lipinski definition) is 4. The molecule has 0 unspecified atom stereocenters. The van der Waals surface area contributed by atoms with E-state index in [1.54, 1.807) is 6.92 Å². The number of nitrogens with zero attached hydrogens (tertiary/aromatic N) is 2. The number of fused-ring (bicyclic) bond motifs is 1. The zero-order valence-electron chi connectivity index (χ0n) is 15.9. The molecule has 0 saturated carbocycles. The van der Waals surface area contributed by atoms with E-state index in [0.717, 1.165) is 35.7 Å². The summed E-state index contributed by atoms with van der Waals surface area (Å²) in [6, 6.07) is 8.09. The van der Waals surface area contributed by atoms with E-state index >= 15 is 0 Å². The summed E-state index contributed by atoms with van der Waals surface area (Å²) >= 11 is 0. The van der Waals surface area contributed by atoms with Gasteiger partial charge in [0.1, 0.15) is 0 Å². The Morgan fingerprint density at radius 3 is 2.50 bits per heavy atom. The predicted octanol–water partition coefficient (Wildman–Crippen LogP) is 3.80. The van der Waals surface area contributed by atoms with E-state index in [0.29, 0.717) is 11.3 Å². The van der Waals surface area contributed by atoms with Gasteiger partial charge in [-0.15, -0.1) is 0 Å². The summed E-state index contributed by atoms with van der Waals surface area (Å²) in [6.45, 7) is 7.57. The number of esters is 1. The molecular weight excluding hydrogens is 328 g/mol. The van der Waals surface area contributed by atoms with Crippen LogP contribution in [0.2, 0.25) is 0 Å². The third kappa shape index (κ3) is 3.43. The summed E-state index contributed by atoms with van der Waals surface area (Å²) in [4.78, 5) is 31.6. The number of pyridine rings is 1. The molecule has 0 bridgehead atoms. The van der Waals surface area contributed by atoms with Gasteiger partial charge in [-0.25, -0.2) is 4.79 Å². The second kappa shape index (κ2) is 7.44. The second-order valence-electron chi connectivity index (χ2n) is 7.22. The fourth-order valence-corrected chi connectivity index (χ4v) is 4.02. The van der Waals surface area contributed by atoms with Gasteiger partial charge in [-0.1, -0.05) is 18.2 Å². The standard InChI is InChI=1S/C21H26N2O3/c1-13-8-7-9-14(2)23(13)19(24)12-26-21(25)20-15(3)17-10-5-6-11-18(17)22-16(20)4/h5-6,10-11,13-14H,7-9,12H2,1-4H3/t13-,14+. The summed E-state index contributed by atoms with van der Waals surface area (Å²) in [7, 11) is 0. The Morgan fingerprint density at radius 1 is 1.15 bits per heavy atom. The fraction of sp³-hybridized carbons (Fsp3) is 0.476. The van der Waals surface area contributed by atoms with Crippen molar-refractivity contribution >= 4 is 22.8 Å². The van der Waals surface area contributed by atoms with E-state index < -0.39 is 5.97 Å². The topological polar surface area (TPSA) is 59.5 Å². The molecule has 1 aliphatic heterocycles. The Kier molecular flexibility index (Phi) is 5.25. The molecule has 0 N–H and O–H groups in total. The number of rotatable bonds is 3. The molecule has 0 radical (unpaired) electrons. The quantitative estimate of drug-likeness (QED) is 0.787. The van der Waals surface area contributed by atoms with Crippen molar-refractivity contribution in [3.63, 3.8) is 0 Å². The maximum absolute atomic E-state index is 12.6. The highest BCUT2D eigenvalue weighted by atomic mass is 16.5. The minimum absolute atomic E-state index is 0.123. The number of aryl methyl sites for hydroxylation is 2. The average molecular weight is 354 g/mol. The van der Waals surface area contributed by atoms with Gasteiger partial charge in [0.15, 0.2) is 6.61 Å². The molecule has 26 heavy (non-hydrogen) atoms. The lowest BCUT2D eigenvalue weighted by Gasteiger charge is -2.38. The van der Waals surface area contributed by atoms with Gasteiger partial charge >= 0.3 is 5.97 Å². The molecule has 1 aliphatic rings. The van der Waals surface area contributed by atoms with Gasteiger partial charge in [0.25, 0.3) is 5.91 Å². The molecule has 3 rings (SSSR count). The Balaban J connectivity index is 1.76. The Labute approximate surface area is 154 Å². The van der Waals surface area contributed by atoms with Crippen LogP contribution in [0.5, 0.6) is 0 Å². The van der Waals surface area contributed by atoms with Gasteiger partial charge in [-0.3, -0.25) is 9.78 Å². The van der Waals surface area contributed by atoms with Crippen LogP contribution in [0.4, 0.5) is 0 Å². The van der Waals surface area contributed by atoms with Crippen LogP contribution in [0.1, 0.15) is 54.7 Å². The molecule has 5 nitrogen and oxygen atoms in total. The maximum Gasteiger partial charge on any atom is 0.340 e. The van der Waals surface area contributed by atoms with Gasteiger partial charge < -0.3 is 9.64 Å². The molecule has 1 saturated heterocycles. The first kappa shape index (κ1) is 18.4. The third-order valence-electron chi connectivity index (χ3n) is 5.35. The third-order valence-corrected chi connectivity index (χ3v) is 5.35. The van der Waals surface area contributed by atoms with Gasteiger partial charge in [0.2, 0.25) is 0 Å². The van der Waals surface area contributed by atoms with Crippen molar-refractivity contribution in [1.82, 2.24) is 9.88 Å². The summed E-state index contributed by atoms with van der Waals surface area (Å²) < 4.78 is 5.38. The highest BCUT2D eigenvalue weighted by Crippen LogP contribution is 2.24. The van der Waals surface area contributed by atoms with Crippen LogP contribution < -0.4 is 0 Å². The number of piperidine rings is 1. The molecule has 0 aliphatic carbocycles. The summed E-state index contributed by atoms with van der Waals surface area (Å²) in [5.74, 6) is -0.606. The van der Waals surface area contributed by atoms with Gasteiger partial charge in [-0.2, -0.15) is 0 Å². The van der Waals surface area contributed by atoms with Crippen LogP contribution in [0.25, 0.3) is 10.9 Å². The van der Waals surface area contributed by atoms with Crippen molar-refractivity contribution < 1.29 is 14.3 Å². The zero-order valence-corrected chi connectivity index (χ0v) is 15.9. The molecule has 1 aromatic carbocycles. The lowest BCUT2D eigenvalue weighted by Crippen LogP contribution is -2.49. The Bertz CT molecular complexity index is 837. The Hall–Kier alpha value is -2.43. The molecule has 1 amide bonds. The van der Waals surface area contributed by atoms with Crippen LogP contribution >= 0.6 is 0 Å². The fourth-order valence-electron chi connectivity index (χ4n) is 4.02. The van der Waals surface area contributed by atoms with Crippen LogP contribution in [0.3, 0.4) is 0 Å². The number of aromatic nitrogens is 1. The molecule has 2 heterocycles.